The summed E-state index contributed by atoms with van der Waals surface area (Å²) < 4.78 is 0. The van der Waals surface area contributed by atoms with Crippen LogP contribution in [0.4, 0.5) is 0 Å². The third-order valence-corrected chi connectivity index (χ3v) is 4.35. The molecule has 4 heteroatoms. The first-order valence-electron chi connectivity index (χ1n) is 4.59. The van der Waals surface area contributed by atoms with Crippen molar-refractivity contribution in [3.8, 4) is 0 Å². The van der Waals surface area contributed by atoms with E-state index in [-0.39, 0.29) is 11.9 Å². The molecule has 1 aromatic carbocycles. The minimum Gasteiger partial charge on any atom is -0.392 e. The van der Waals surface area contributed by atoms with Gasteiger partial charge in [0.05, 0.1) is 11.6 Å². The topological polar surface area (TPSA) is 20.2 Å². The summed E-state index contributed by atoms with van der Waals surface area (Å²) in [5.74, 6) is 0. The Balaban J connectivity index is 2.58. The lowest BCUT2D eigenvalue weighted by atomic mass is 10.1. The molecule has 1 unspecified atom stereocenters. The molecule has 1 aliphatic heterocycles. The highest BCUT2D eigenvalue weighted by molar-refractivity contribution is 8.00. The number of benzene rings is 1. The molecule has 1 heterocycles. The number of hydrogen-bond acceptors (Lipinski definition) is 2. The molecule has 0 saturated heterocycles. The van der Waals surface area contributed by atoms with Crippen LogP contribution >= 0.6 is 35.0 Å². The Morgan fingerprint density at radius 2 is 2.13 bits per heavy atom. The summed E-state index contributed by atoms with van der Waals surface area (Å²) in [6.45, 7) is 2.04. The van der Waals surface area contributed by atoms with Gasteiger partial charge >= 0.3 is 0 Å². The van der Waals surface area contributed by atoms with Gasteiger partial charge in [-0.25, -0.2) is 0 Å². The molecule has 1 atom stereocenters. The van der Waals surface area contributed by atoms with Crippen LogP contribution in [0, 0.1) is 0 Å². The average molecular weight is 261 g/mol. The molecule has 0 saturated carbocycles. The number of rotatable bonds is 1. The number of hydrogen-bond donors (Lipinski definition) is 1. The molecule has 1 N–H and O–H groups in total. The summed E-state index contributed by atoms with van der Waals surface area (Å²) in [6.07, 6.45) is 0. The van der Waals surface area contributed by atoms with Gasteiger partial charge in [0.15, 0.2) is 0 Å². The van der Waals surface area contributed by atoms with E-state index < -0.39 is 0 Å². The van der Waals surface area contributed by atoms with Crippen LogP contribution < -0.4 is 0 Å². The first kappa shape index (κ1) is 11.3. The van der Waals surface area contributed by atoms with Gasteiger partial charge in [-0.3, -0.25) is 0 Å². The van der Waals surface area contributed by atoms with E-state index in [9.17, 15) is 5.11 Å². The fraction of sp³-hybridized carbons (Fsp3) is 0.273. The van der Waals surface area contributed by atoms with E-state index in [1.807, 2.05) is 25.1 Å². The van der Waals surface area contributed by atoms with Gasteiger partial charge in [0.25, 0.3) is 0 Å². The van der Waals surface area contributed by atoms with Crippen LogP contribution in [0.25, 0.3) is 5.03 Å². The highest BCUT2D eigenvalue weighted by Crippen LogP contribution is 2.43. The van der Waals surface area contributed by atoms with Crippen molar-refractivity contribution in [2.24, 2.45) is 0 Å². The van der Waals surface area contributed by atoms with Crippen molar-refractivity contribution in [1.82, 2.24) is 0 Å². The Morgan fingerprint density at radius 3 is 2.80 bits per heavy atom. The van der Waals surface area contributed by atoms with Crippen LogP contribution in [0.1, 0.15) is 12.5 Å². The minimum absolute atomic E-state index is 0.00104. The highest BCUT2D eigenvalue weighted by atomic mass is 35.5. The van der Waals surface area contributed by atoms with E-state index in [4.69, 9.17) is 23.2 Å². The molecule has 0 aliphatic carbocycles. The number of fused-ring (bicyclic) bond motifs is 1. The maximum atomic E-state index is 9.24. The van der Waals surface area contributed by atoms with Gasteiger partial charge in [0.2, 0.25) is 0 Å². The average Bonchev–Trinajstić information content (AvgIpc) is 2.20. The van der Waals surface area contributed by atoms with E-state index >= 15 is 0 Å². The summed E-state index contributed by atoms with van der Waals surface area (Å²) in [5.41, 5.74) is 1.80. The predicted octanol–water partition coefficient (Wildman–Crippen LogP) is 3.78. The lowest BCUT2D eigenvalue weighted by Crippen LogP contribution is -2.11. The first-order valence-corrected chi connectivity index (χ1v) is 6.23. The second-order valence-corrected chi connectivity index (χ2v) is 5.59. The van der Waals surface area contributed by atoms with E-state index in [0.29, 0.717) is 10.1 Å². The van der Waals surface area contributed by atoms with Gasteiger partial charge in [-0.05, 0) is 30.7 Å². The van der Waals surface area contributed by atoms with Gasteiger partial charge in [-0.2, -0.15) is 0 Å². The first-order chi connectivity index (χ1) is 7.13. The van der Waals surface area contributed by atoms with Crippen molar-refractivity contribution in [2.45, 2.75) is 17.1 Å². The fourth-order valence-electron chi connectivity index (χ4n) is 1.59. The zero-order chi connectivity index (χ0) is 11.0. The molecular weight excluding hydrogens is 251 g/mol. The molecule has 0 aromatic heterocycles. The maximum absolute atomic E-state index is 9.24. The Morgan fingerprint density at radius 1 is 1.40 bits per heavy atom. The van der Waals surface area contributed by atoms with Crippen LogP contribution in [-0.4, -0.2) is 17.0 Å². The monoisotopic (exact) mass is 260 g/mol. The minimum atomic E-state index is -0.00104. The zero-order valence-corrected chi connectivity index (χ0v) is 10.5. The smallest absolute Gasteiger partial charge is 0.0670 e. The summed E-state index contributed by atoms with van der Waals surface area (Å²) >= 11 is 13.8. The van der Waals surface area contributed by atoms with E-state index in [0.717, 1.165) is 16.0 Å². The molecule has 0 amide bonds. The molecular formula is C11H10Cl2OS. The Bertz CT molecular complexity index is 429. The molecule has 80 valence electrons. The number of aliphatic hydroxyl groups excluding tert-OH is 1. The van der Waals surface area contributed by atoms with Crippen molar-refractivity contribution in [3.63, 3.8) is 0 Å². The van der Waals surface area contributed by atoms with Crippen molar-refractivity contribution >= 4 is 40.0 Å². The molecule has 15 heavy (non-hydrogen) atoms. The largest absolute Gasteiger partial charge is 0.392 e. The van der Waals surface area contributed by atoms with Crippen LogP contribution in [0.15, 0.2) is 28.7 Å². The lowest BCUT2D eigenvalue weighted by Gasteiger charge is -2.24. The molecule has 1 aliphatic rings. The Labute approximate surface area is 103 Å². The van der Waals surface area contributed by atoms with Gasteiger partial charge in [0.1, 0.15) is 0 Å². The molecule has 0 fully saturated rings. The van der Waals surface area contributed by atoms with Gasteiger partial charge < -0.3 is 5.11 Å². The van der Waals surface area contributed by atoms with E-state index in [1.54, 1.807) is 11.8 Å². The Kier molecular flexibility index (Phi) is 3.31. The van der Waals surface area contributed by atoms with Crippen LogP contribution in [0.5, 0.6) is 0 Å². The third-order valence-electron chi connectivity index (χ3n) is 2.42. The standard InChI is InChI=1S/C11H10Cl2OS/c1-6-9(5-14)11(13)8-4-7(12)2-3-10(8)15-6/h2-4,6,14H,5H2,1H3. The van der Waals surface area contributed by atoms with Crippen molar-refractivity contribution in [3.05, 3.63) is 34.4 Å². The summed E-state index contributed by atoms with van der Waals surface area (Å²) in [6, 6.07) is 5.66. The van der Waals surface area contributed by atoms with Gasteiger partial charge in [-0.1, -0.05) is 23.2 Å². The molecule has 1 aromatic rings. The SMILES string of the molecule is CC1Sc2ccc(Cl)cc2C(Cl)=C1CO. The molecule has 1 nitrogen and oxygen atoms in total. The molecule has 0 bridgehead atoms. The summed E-state index contributed by atoms with van der Waals surface area (Å²) in [5, 5.41) is 10.8. The second-order valence-electron chi connectivity index (χ2n) is 3.40. The van der Waals surface area contributed by atoms with E-state index in [1.165, 1.54) is 0 Å². The van der Waals surface area contributed by atoms with Crippen molar-refractivity contribution in [2.75, 3.05) is 6.61 Å². The van der Waals surface area contributed by atoms with Crippen LogP contribution in [-0.2, 0) is 0 Å². The normalized spacial score (nSPS) is 20.4. The van der Waals surface area contributed by atoms with Crippen LogP contribution in [0.3, 0.4) is 0 Å². The van der Waals surface area contributed by atoms with Crippen LogP contribution in [0.2, 0.25) is 5.02 Å². The Hall–Kier alpha value is -0.150. The van der Waals surface area contributed by atoms with Crippen molar-refractivity contribution < 1.29 is 5.11 Å². The van der Waals surface area contributed by atoms with Gasteiger partial charge in [0, 0.05) is 20.7 Å². The highest BCUT2D eigenvalue weighted by Gasteiger charge is 2.23. The van der Waals surface area contributed by atoms with Crippen molar-refractivity contribution in [1.29, 1.82) is 0 Å². The third kappa shape index (κ3) is 2.04. The number of aliphatic hydroxyl groups is 1. The lowest BCUT2D eigenvalue weighted by molar-refractivity contribution is 0.329. The molecule has 2 rings (SSSR count). The number of thioether (sulfide) groups is 1. The van der Waals surface area contributed by atoms with E-state index in [2.05, 4.69) is 0 Å². The zero-order valence-electron chi connectivity index (χ0n) is 8.13. The fourth-order valence-corrected chi connectivity index (χ4v) is 3.41. The summed E-state index contributed by atoms with van der Waals surface area (Å²) in [4.78, 5) is 1.12. The quantitative estimate of drug-likeness (QED) is 0.830. The molecule has 0 spiro atoms. The maximum Gasteiger partial charge on any atom is 0.0670 e. The second kappa shape index (κ2) is 4.38. The number of halogens is 2. The van der Waals surface area contributed by atoms with Gasteiger partial charge in [-0.15, -0.1) is 11.8 Å². The predicted molar refractivity (Wildman–Crippen MR) is 66.6 cm³/mol. The molecule has 0 radical (unpaired) electrons. The summed E-state index contributed by atoms with van der Waals surface area (Å²) in [7, 11) is 0.